The first-order chi connectivity index (χ1) is 8.37. The van der Waals surface area contributed by atoms with Gasteiger partial charge in [-0.05, 0) is 17.7 Å². The summed E-state index contributed by atoms with van der Waals surface area (Å²) in [5, 5.41) is 0.363. The number of hydrogen-bond acceptors (Lipinski definition) is 2. The number of ketones is 1. The van der Waals surface area contributed by atoms with Crippen LogP contribution in [0.25, 0.3) is 0 Å². The van der Waals surface area contributed by atoms with Crippen LogP contribution in [0.1, 0.15) is 22.3 Å². The molecule has 0 unspecified atom stereocenters. The van der Waals surface area contributed by atoms with Crippen molar-refractivity contribution in [3.05, 3.63) is 29.3 Å². The molecule has 100 valence electrons. The van der Waals surface area contributed by atoms with Gasteiger partial charge in [0.2, 0.25) is 0 Å². The maximum Gasteiger partial charge on any atom is 0.573 e. The molecule has 7 heteroatoms. The summed E-state index contributed by atoms with van der Waals surface area (Å²) in [5.41, 5.74) is 0.453. The van der Waals surface area contributed by atoms with Gasteiger partial charge >= 0.3 is 6.36 Å². The van der Waals surface area contributed by atoms with E-state index in [2.05, 4.69) is 20.7 Å². The van der Waals surface area contributed by atoms with Crippen molar-refractivity contribution in [1.29, 1.82) is 0 Å². The van der Waals surface area contributed by atoms with Crippen LogP contribution in [0.2, 0.25) is 0 Å². The molecule has 1 rings (SSSR count). The van der Waals surface area contributed by atoms with Crippen LogP contribution in [0.15, 0.2) is 18.2 Å². The van der Waals surface area contributed by atoms with Gasteiger partial charge in [-0.3, -0.25) is 4.79 Å². The Bertz CT molecular complexity index is 435. The van der Waals surface area contributed by atoms with Crippen molar-refractivity contribution < 1.29 is 22.7 Å². The van der Waals surface area contributed by atoms with Crippen molar-refractivity contribution in [1.82, 2.24) is 0 Å². The molecule has 0 fully saturated rings. The number of halogens is 5. The maximum absolute atomic E-state index is 12.2. The van der Waals surface area contributed by atoms with Crippen LogP contribution >= 0.6 is 27.5 Å². The SMILES string of the molecule is O=C(CCBr)c1cc(CCl)ccc1OC(F)(F)F. The highest BCUT2D eigenvalue weighted by Gasteiger charge is 2.32. The van der Waals surface area contributed by atoms with Gasteiger partial charge in [-0.2, -0.15) is 0 Å². The third kappa shape index (κ3) is 4.49. The average Bonchev–Trinajstić information content (AvgIpc) is 2.27. The molecule has 1 aromatic rings. The summed E-state index contributed by atoms with van der Waals surface area (Å²) in [6.07, 6.45) is -4.74. The highest BCUT2D eigenvalue weighted by atomic mass is 79.9. The normalized spacial score (nSPS) is 11.4. The Labute approximate surface area is 115 Å². The summed E-state index contributed by atoms with van der Waals surface area (Å²) in [4.78, 5) is 11.7. The molecule has 0 bridgehead atoms. The second-order valence-electron chi connectivity index (χ2n) is 3.37. The van der Waals surface area contributed by atoms with E-state index in [1.807, 2.05) is 0 Å². The number of hydrogen-bond donors (Lipinski definition) is 0. The topological polar surface area (TPSA) is 26.3 Å². The van der Waals surface area contributed by atoms with Gasteiger partial charge < -0.3 is 4.74 Å². The highest BCUT2D eigenvalue weighted by Crippen LogP contribution is 2.28. The first-order valence-corrected chi connectivity index (χ1v) is 6.56. The summed E-state index contributed by atoms with van der Waals surface area (Å²) in [5.74, 6) is -0.818. The van der Waals surface area contributed by atoms with E-state index in [-0.39, 0.29) is 17.9 Å². The third-order valence-corrected chi connectivity index (χ3v) is 2.75. The van der Waals surface area contributed by atoms with Crippen LogP contribution in [0, 0.1) is 0 Å². The summed E-state index contributed by atoms with van der Waals surface area (Å²) in [7, 11) is 0. The van der Waals surface area contributed by atoms with Crippen LogP contribution in [0.4, 0.5) is 13.2 Å². The first kappa shape index (κ1) is 15.3. The fourth-order valence-electron chi connectivity index (χ4n) is 1.31. The van der Waals surface area contributed by atoms with Gasteiger partial charge in [0.1, 0.15) is 5.75 Å². The van der Waals surface area contributed by atoms with E-state index in [0.717, 1.165) is 6.07 Å². The van der Waals surface area contributed by atoms with Crippen LogP contribution in [-0.4, -0.2) is 17.5 Å². The lowest BCUT2D eigenvalue weighted by Gasteiger charge is -2.13. The lowest BCUT2D eigenvalue weighted by Crippen LogP contribution is -2.19. The predicted octanol–water partition coefficient (Wildman–Crippen LogP) is 4.29. The predicted molar refractivity (Wildman–Crippen MR) is 65.4 cm³/mol. The van der Waals surface area contributed by atoms with E-state index < -0.39 is 17.9 Å². The number of ether oxygens (including phenoxy) is 1. The lowest BCUT2D eigenvalue weighted by molar-refractivity contribution is -0.274. The standard InChI is InChI=1S/C11H9BrClF3O2/c12-4-3-9(17)8-5-7(6-13)1-2-10(8)18-11(14,15)16/h1-2,5H,3-4,6H2. The Balaban J connectivity index is 3.12. The minimum absolute atomic E-state index is 0.0833. The molecule has 0 spiro atoms. The van der Waals surface area contributed by atoms with Crippen LogP contribution in [0.5, 0.6) is 5.75 Å². The zero-order chi connectivity index (χ0) is 13.8. The summed E-state index contributed by atoms with van der Waals surface area (Å²) >= 11 is 8.64. The minimum atomic E-state index is -4.83. The molecule has 18 heavy (non-hydrogen) atoms. The zero-order valence-corrected chi connectivity index (χ0v) is 11.4. The van der Waals surface area contributed by atoms with Gasteiger partial charge in [0.25, 0.3) is 0 Å². The molecule has 0 saturated carbocycles. The Kier molecular flexibility index (Phi) is 5.47. The quantitative estimate of drug-likeness (QED) is 0.588. The molecule has 0 amide bonds. The number of carbonyl (C=O) groups excluding carboxylic acids is 1. The van der Waals surface area contributed by atoms with Gasteiger partial charge in [0.15, 0.2) is 5.78 Å². The van der Waals surface area contributed by atoms with Crippen molar-refractivity contribution in [2.75, 3.05) is 5.33 Å². The largest absolute Gasteiger partial charge is 0.573 e. The summed E-state index contributed by atoms with van der Waals surface area (Å²) in [6, 6.07) is 3.81. The molecule has 0 radical (unpaired) electrons. The Hall–Kier alpha value is -0.750. The van der Waals surface area contributed by atoms with Gasteiger partial charge in [-0.25, -0.2) is 0 Å². The molecular weight excluding hydrogens is 336 g/mol. The number of rotatable bonds is 5. The van der Waals surface area contributed by atoms with Crippen molar-refractivity contribution in [2.45, 2.75) is 18.7 Å². The second kappa shape index (κ2) is 6.43. The number of carbonyl (C=O) groups is 1. The molecule has 0 N–H and O–H groups in total. The molecule has 0 aromatic heterocycles. The molecule has 0 atom stereocenters. The maximum atomic E-state index is 12.2. The Morgan fingerprint density at radius 2 is 2.06 bits per heavy atom. The molecule has 0 heterocycles. The van der Waals surface area contributed by atoms with Crippen molar-refractivity contribution in [3.8, 4) is 5.75 Å². The number of alkyl halides is 5. The fourth-order valence-corrected chi connectivity index (χ4v) is 1.84. The summed E-state index contributed by atoms with van der Waals surface area (Å²) < 4.78 is 40.4. The van der Waals surface area contributed by atoms with Crippen LogP contribution in [-0.2, 0) is 5.88 Å². The monoisotopic (exact) mass is 344 g/mol. The number of Topliss-reactive ketones (excluding diaryl/α,β-unsaturated/α-hetero) is 1. The van der Waals surface area contributed by atoms with Crippen molar-refractivity contribution >= 4 is 33.3 Å². The highest BCUT2D eigenvalue weighted by molar-refractivity contribution is 9.09. The van der Waals surface area contributed by atoms with Gasteiger partial charge in [-0.1, -0.05) is 22.0 Å². The van der Waals surface area contributed by atoms with E-state index in [4.69, 9.17) is 11.6 Å². The van der Waals surface area contributed by atoms with Gasteiger partial charge in [0, 0.05) is 17.6 Å². The Morgan fingerprint density at radius 1 is 1.39 bits per heavy atom. The van der Waals surface area contributed by atoms with E-state index >= 15 is 0 Å². The van der Waals surface area contributed by atoms with E-state index in [9.17, 15) is 18.0 Å². The van der Waals surface area contributed by atoms with E-state index in [1.54, 1.807) is 0 Å². The first-order valence-electron chi connectivity index (χ1n) is 4.91. The van der Waals surface area contributed by atoms with Gasteiger partial charge in [0.05, 0.1) is 5.56 Å². The molecule has 0 saturated heterocycles. The molecule has 1 aromatic carbocycles. The van der Waals surface area contributed by atoms with Crippen LogP contribution in [0.3, 0.4) is 0 Å². The van der Waals surface area contributed by atoms with Crippen molar-refractivity contribution in [3.63, 3.8) is 0 Å². The van der Waals surface area contributed by atoms with Gasteiger partial charge in [-0.15, -0.1) is 24.8 Å². The molecular formula is C11H9BrClF3O2. The number of benzene rings is 1. The fraction of sp³-hybridized carbons (Fsp3) is 0.364. The molecule has 0 aliphatic rings. The smallest absolute Gasteiger partial charge is 0.405 e. The van der Waals surface area contributed by atoms with Crippen molar-refractivity contribution in [2.24, 2.45) is 0 Å². The lowest BCUT2D eigenvalue weighted by atomic mass is 10.1. The molecule has 2 nitrogen and oxygen atoms in total. The third-order valence-electron chi connectivity index (χ3n) is 2.05. The summed E-state index contributed by atoms with van der Waals surface area (Å²) in [6.45, 7) is 0. The van der Waals surface area contributed by atoms with E-state index in [0.29, 0.717) is 10.9 Å². The average molecular weight is 346 g/mol. The van der Waals surface area contributed by atoms with Crippen LogP contribution < -0.4 is 4.74 Å². The Morgan fingerprint density at radius 3 is 2.56 bits per heavy atom. The minimum Gasteiger partial charge on any atom is -0.405 e. The molecule has 0 aliphatic heterocycles. The zero-order valence-electron chi connectivity index (χ0n) is 9.06. The van der Waals surface area contributed by atoms with E-state index in [1.165, 1.54) is 12.1 Å². The molecule has 0 aliphatic carbocycles. The second-order valence-corrected chi connectivity index (χ2v) is 4.43.